The van der Waals surface area contributed by atoms with Gasteiger partial charge in [-0.1, -0.05) is 36.4 Å². The fourth-order valence-corrected chi connectivity index (χ4v) is 6.00. The standard InChI is InChI=1S/C30H22N4O3/c35-20-10-8-18(9-11-20)17-34-14-12-19-4-3-6-22(28(19)34)27(31-13-15-34)26-25(29(36)33-30(26)37)23-16-32-24-7-2-1-5-21(23)24/h1-13,15-16,28H,14,17H2,(H2-,31,32,33,35,36,37)/p+1. The number of nitrogens with one attached hydrogen (secondary N) is 2. The van der Waals surface area contributed by atoms with E-state index in [9.17, 15) is 14.7 Å². The third kappa shape index (κ3) is 3.21. The lowest BCUT2D eigenvalue weighted by molar-refractivity contribution is -0.895. The first-order chi connectivity index (χ1) is 18.0. The average Bonchev–Trinajstić information content (AvgIpc) is 3.53. The molecular weight excluding hydrogens is 464 g/mol. The van der Waals surface area contributed by atoms with Gasteiger partial charge in [-0.3, -0.25) is 19.4 Å². The van der Waals surface area contributed by atoms with Gasteiger partial charge in [-0.2, -0.15) is 0 Å². The van der Waals surface area contributed by atoms with Crippen molar-refractivity contribution >= 4 is 34.0 Å². The molecule has 37 heavy (non-hydrogen) atoms. The van der Waals surface area contributed by atoms with Crippen LogP contribution in [0.1, 0.15) is 11.1 Å². The highest BCUT2D eigenvalue weighted by Gasteiger charge is 2.49. The van der Waals surface area contributed by atoms with Crippen LogP contribution in [0.5, 0.6) is 5.75 Å². The zero-order valence-electron chi connectivity index (χ0n) is 19.8. The molecule has 0 fully saturated rings. The molecule has 2 atom stereocenters. The Balaban J connectivity index is 1.38. The predicted molar refractivity (Wildman–Crippen MR) is 141 cm³/mol. The number of carbonyl (C=O) groups is 2. The van der Waals surface area contributed by atoms with Crippen molar-refractivity contribution in [1.82, 2.24) is 10.3 Å². The van der Waals surface area contributed by atoms with Crippen LogP contribution in [0.2, 0.25) is 0 Å². The Kier molecular flexibility index (Phi) is 4.58. The molecule has 1 aromatic heterocycles. The lowest BCUT2D eigenvalue weighted by Crippen LogP contribution is -2.49. The van der Waals surface area contributed by atoms with Crippen molar-refractivity contribution in [3.8, 4) is 5.75 Å². The molecule has 2 aromatic carbocycles. The number of fused-ring (bicyclic) bond motifs is 1. The maximum atomic E-state index is 13.3. The Morgan fingerprint density at radius 2 is 1.84 bits per heavy atom. The van der Waals surface area contributed by atoms with Crippen molar-refractivity contribution < 1.29 is 19.2 Å². The van der Waals surface area contributed by atoms with E-state index in [1.165, 1.54) is 0 Å². The number of H-pyrrole nitrogens is 1. The van der Waals surface area contributed by atoms with Gasteiger partial charge in [-0.15, -0.1) is 0 Å². The molecule has 0 bridgehead atoms. The van der Waals surface area contributed by atoms with E-state index in [1.807, 2.05) is 48.6 Å². The van der Waals surface area contributed by atoms with E-state index in [0.717, 1.165) is 34.2 Å². The Hall–Kier alpha value is -4.75. The molecule has 4 heterocycles. The molecule has 2 unspecified atom stereocenters. The van der Waals surface area contributed by atoms with Crippen LogP contribution >= 0.6 is 0 Å². The minimum Gasteiger partial charge on any atom is -0.508 e. The molecule has 4 aliphatic rings. The molecule has 0 spiro atoms. The van der Waals surface area contributed by atoms with Gasteiger partial charge in [0.15, 0.2) is 0 Å². The summed E-state index contributed by atoms with van der Waals surface area (Å²) in [5, 5.41) is 13.1. The van der Waals surface area contributed by atoms with Gasteiger partial charge in [0.05, 0.1) is 23.1 Å². The number of amides is 2. The van der Waals surface area contributed by atoms with Crippen LogP contribution in [0.3, 0.4) is 0 Å². The Morgan fingerprint density at radius 3 is 2.70 bits per heavy atom. The number of aromatic nitrogens is 1. The van der Waals surface area contributed by atoms with Crippen molar-refractivity contribution in [2.75, 3.05) is 6.54 Å². The lowest BCUT2D eigenvalue weighted by Gasteiger charge is -2.38. The molecule has 1 aliphatic carbocycles. The highest BCUT2D eigenvalue weighted by molar-refractivity contribution is 6.48. The number of aromatic amines is 1. The highest BCUT2D eigenvalue weighted by Crippen LogP contribution is 2.42. The first kappa shape index (κ1) is 21.5. The van der Waals surface area contributed by atoms with Crippen molar-refractivity contribution in [2.45, 2.75) is 12.6 Å². The van der Waals surface area contributed by atoms with Crippen LogP contribution in [0, 0.1) is 0 Å². The first-order valence-corrected chi connectivity index (χ1v) is 12.2. The molecule has 7 rings (SSSR count). The van der Waals surface area contributed by atoms with Crippen LogP contribution in [0.4, 0.5) is 0 Å². The largest absolute Gasteiger partial charge is 0.508 e. The number of phenolic OH excluding ortho intramolecular Hbond substituents is 1. The van der Waals surface area contributed by atoms with Gasteiger partial charge >= 0.3 is 0 Å². The second-order valence-corrected chi connectivity index (χ2v) is 9.75. The monoisotopic (exact) mass is 487 g/mol. The molecule has 7 nitrogen and oxygen atoms in total. The van der Waals surface area contributed by atoms with Gasteiger partial charge < -0.3 is 10.1 Å². The summed E-state index contributed by atoms with van der Waals surface area (Å²) in [7, 11) is 0. The molecule has 0 saturated carbocycles. The molecule has 0 radical (unpaired) electrons. The van der Waals surface area contributed by atoms with E-state index in [1.54, 1.807) is 24.5 Å². The van der Waals surface area contributed by atoms with E-state index in [-0.39, 0.29) is 11.8 Å². The number of hydrogen-bond donors (Lipinski definition) is 3. The van der Waals surface area contributed by atoms with Crippen molar-refractivity contribution in [3.63, 3.8) is 0 Å². The number of nitrogens with zero attached hydrogens (tertiary/aromatic N) is 2. The zero-order valence-corrected chi connectivity index (χ0v) is 19.8. The minimum atomic E-state index is -0.435. The van der Waals surface area contributed by atoms with Gasteiger partial charge in [0, 0.05) is 39.4 Å². The SMILES string of the molecule is O=C1NC(=O)C(c2c[nH]c3ccccc23)=C1C1=NC=C[N+]2(Cc3ccc(O)cc3)CC=C3C=CC=C1C32. The number of imide groups is 1. The van der Waals surface area contributed by atoms with Gasteiger partial charge in [-0.05, 0) is 36.4 Å². The molecule has 0 saturated heterocycles. The maximum absolute atomic E-state index is 13.3. The van der Waals surface area contributed by atoms with E-state index in [2.05, 4.69) is 28.7 Å². The summed E-state index contributed by atoms with van der Waals surface area (Å²) >= 11 is 0. The predicted octanol–water partition coefficient (Wildman–Crippen LogP) is 4.03. The summed E-state index contributed by atoms with van der Waals surface area (Å²) in [5.74, 6) is -0.620. The summed E-state index contributed by atoms with van der Waals surface area (Å²) in [6.45, 7) is 1.45. The van der Waals surface area contributed by atoms with Crippen LogP contribution in [-0.4, -0.2) is 44.7 Å². The van der Waals surface area contributed by atoms with Crippen molar-refractivity contribution in [1.29, 1.82) is 0 Å². The number of aromatic hydroxyl groups is 1. The van der Waals surface area contributed by atoms with E-state index < -0.39 is 11.8 Å². The summed E-state index contributed by atoms with van der Waals surface area (Å²) in [6, 6.07) is 14.9. The van der Waals surface area contributed by atoms with Crippen LogP contribution in [-0.2, 0) is 16.1 Å². The van der Waals surface area contributed by atoms with E-state index in [4.69, 9.17) is 4.99 Å². The molecule has 2 amide bonds. The maximum Gasteiger partial charge on any atom is 0.261 e. The van der Waals surface area contributed by atoms with Crippen LogP contribution < -0.4 is 5.32 Å². The van der Waals surface area contributed by atoms with Crippen molar-refractivity contribution in [2.24, 2.45) is 4.99 Å². The topological polar surface area (TPSA) is 94.5 Å². The number of quaternary nitrogens is 1. The van der Waals surface area contributed by atoms with Crippen molar-refractivity contribution in [3.05, 3.63) is 119 Å². The van der Waals surface area contributed by atoms with Gasteiger partial charge in [-0.25, -0.2) is 4.99 Å². The molecule has 7 heteroatoms. The van der Waals surface area contributed by atoms with E-state index >= 15 is 0 Å². The number of aliphatic imine (C=N–C) groups is 1. The highest BCUT2D eigenvalue weighted by atomic mass is 16.3. The average molecular weight is 488 g/mol. The number of carbonyl (C=O) groups excluding carboxylic acids is 2. The third-order valence-electron chi connectivity index (χ3n) is 7.64. The summed E-state index contributed by atoms with van der Waals surface area (Å²) < 4.78 is 0.578. The van der Waals surface area contributed by atoms with Crippen LogP contribution in [0.15, 0.2) is 113 Å². The molecule has 180 valence electrons. The Morgan fingerprint density at radius 1 is 1.03 bits per heavy atom. The fourth-order valence-electron chi connectivity index (χ4n) is 6.00. The summed E-state index contributed by atoms with van der Waals surface area (Å²) in [6.07, 6.45) is 14.0. The van der Waals surface area contributed by atoms with Gasteiger partial charge in [0.25, 0.3) is 11.8 Å². The quantitative estimate of drug-likeness (QED) is 0.383. The first-order valence-electron chi connectivity index (χ1n) is 12.2. The van der Waals surface area contributed by atoms with E-state index in [0.29, 0.717) is 33.4 Å². The fraction of sp³-hybridized carbons (Fsp3) is 0.100. The van der Waals surface area contributed by atoms with Crippen LogP contribution in [0.25, 0.3) is 16.5 Å². The number of allylic oxidation sites excluding steroid dienone is 2. The third-order valence-corrected chi connectivity index (χ3v) is 7.64. The smallest absolute Gasteiger partial charge is 0.261 e. The minimum absolute atomic E-state index is 0.0727. The number of hydrogen-bond acceptors (Lipinski definition) is 4. The second kappa shape index (κ2) is 7.88. The molecule has 3 N–H and O–H groups in total. The normalized spacial score (nSPS) is 24.1. The summed E-state index contributed by atoms with van der Waals surface area (Å²) in [5.41, 5.74) is 5.90. The zero-order chi connectivity index (χ0) is 25.1. The Bertz CT molecular complexity index is 1700. The number of phenols is 1. The lowest BCUT2D eigenvalue weighted by atomic mass is 9.85. The second-order valence-electron chi connectivity index (χ2n) is 9.75. The number of benzene rings is 2. The van der Waals surface area contributed by atoms with Gasteiger partial charge in [0.2, 0.25) is 0 Å². The number of rotatable bonds is 4. The number of para-hydroxylation sites is 1. The molecule has 3 aromatic rings. The molecule has 3 aliphatic heterocycles. The molecular formula is C30H23N4O3+. The Labute approximate surface area is 212 Å². The van der Waals surface area contributed by atoms with Gasteiger partial charge in [0.1, 0.15) is 31.1 Å². The summed E-state index contributed by atoms with van der Waals surface area (Å²) in [4.78, 5) is 34.5.